The Morgan fingerprint density at radius 1 is 0.455 bits per heavy atom. The van der Waals surface area contributed by atoms with Crippen molar-refractivity contribution < 1.29 is 19.4 Å². The van der Waals surface area contributed by atoms with Crippen LogP contribution in [0.4, 0.5) is 4.79 Å². The minimum atomic E-state index is -0.788. The maximum atomic E-state index is 14.5. The first-order valence-corrected chi connectivity index (χ1v) is 24.8. The lowest BCUT2D eigenvalue weighted by atomic mass is 9.84. The van der Waals surface area contributed by atoms with Crippen LogP contribution in [0.1, 0.15) is 101 Å². The van der Waals surface area contributed by atoms with Crippen molar-refractivity contribution in [2.24, 2.45) is 0 Å². The average Bonchev–Trinajstić information content (AvgIpc) is 3.31. The number of nitrogens with zero attached hydrogens (tertiary/aromatic N) is 2. The first-order valence-electron chi connectivity index (χ1n) is 23.2. The van der Waals surface area contributed by atoms with Crippen molar-refractivity contribution in [1.29, 1.82) is 0 Å². The molecule has 6 rings (SSSR count). The largest absolute Gasteiger partial charge is 0.481 e. The van der Waals surface area contributed by atoms with E-state index in [0.29, 0.717) is 39.1 Å². The van der Waals surface area contributed by atoms with Crippen molar-refractivity contribution >= 4 is 35.6 Å². The molecule has 0 unspecified atom stereocenters. The van der Waals surface area contributed by atoms with Crippen molar-refractivity contribution in [3.8, 4) is 0 Å². The lowest BCUT2D eigenvalue weighted by Crippen LogP contribution is -2.49. The standard InChI is InChI=1S/C58H68N2O4S2/c1-54(2,3)64-53(63)60(45-56(6,7)66-58(49-34-20-11-21-35-49,50-36-22-12-23-37-50)51-38-24-13-25-39-51)43-42-59(41-27-26-40-52(61)62)44-55(4,5)65-57(46-28-14-8-15-29-46,47-30-16-9-17-31-47)48-32-18-10-19-33-48/h8-25,28-39H,26-27,40-45H2,1-7H3,(H,61,62). The highest BCUT2D eigenvalue weighted by atomic mass is 32.2. The van der Waals surface area contributed by atoms with E-state index in [4.69, 9.17) is 4.74 Å². The van der Waals surface area contributed by atoms with Crippen molar-refractivity contribution in [1.82, 2.24) is 9.80 Å². The predicted molar refractivity (Wildman–Crippen MR) is 277 cm³/mol. The molecule has 0 saturated carbocycles. The fourth-order valence-electron chi connectivity index (χ4n) is 8.99. The Kier molecular flexibility index (Phi) is 17.1. The van der Waals surface area contributed by atoms with Crippen LogP contribution in [0.3, 0.4) is 0 Å². The maximum absolute atomic E-state index is 14.5. The molecule has 6 nitrogen and oxygen atoms in total. The Hall–Kier alpha value is -5.28. The van der Waals surface area contributed by atoms with Crippen LogP contribution in [0, 0.1) is 0 Å². The van der Waals surface area contributed by atoms with Gasteiger partial charge in [-0.05, 0) is 101 Å². The van der Waals surface area contributed by atoms with Crippen molar-refractivity contribution in [2.75, 3.05) is 32.7 Å². The molecule has 0 aliphatic carbocycles. The number of hydrogen-bond donors (Lipinski definition) is 1. The number of amides is 1. The van der Waals surface area contributed by atoms with Gasteiger partial charge in [-0.15, -0.1) is 23.5 Å². The number of aliphatic carboxylic acids is 1. The molecule has 0 aliphatic rings. The second-order valence-corrected chi connectivity index (χ2v) is 23.2. The molecule has 8 heteroatoms. The lowest BCUT2D eigenvalue weighted by Gasteiger charge is -2.44. The molecule has 0 aliphatic heterocycles. The van der Waals surface area contributed by atoms with Gasteiger partial charge in [0.05, 0.1) is 9.49 Å². The molecule has 6 aromatic carbocycles. The molecule has 0 atom stereocenters. The Bertz CT molecular complexity index is 2200. The molecule has 0 saturated heterocycles. The molecule has 0 bridgehead atoms. The molecule has 0 aromatic heterocycles. The summed E-state index contributed by atoms with van der Waals surface area (Å²) in [5.74, 6) is -0.788. The zero-order valence-corrected chi connectivity index (χ0v) is 41.5. The second-order valence-electron chi connectivity index (χ2n) is 19.3. The SMILES string of the molecule is CC(C)(C)OC(=O)N(CCN(CCCCC(=O)O)CC(C)(C)SC(c1ccccc1)(c1ccccc1)c1ccccc1)CC(C)(C)SC(c1ccccc1)(c1ccccc1)c1ccccc1. The number of benzene rings is 6. The van der Waals surface area contributed by atoms with E-state index in [1.807, 2.05) is 49.2 Å². The van der Waals surface area contributed by atoms with Gasteiger partial charge in [-0.1, -0.05) is 182 Å². The predicted octanol–water partition coefficient (Wildman–Crippen LogP) is 13.8. The van der Waals surface area contributed by atoms with Crippen LogP contribution in [0.25, 0.3) is 0 Å². The zero-order valence-electron chi connectivity index (χ0n) is 39.9. The molecule has 0 spiro atoms. The molecule has 1 N–H and O–H groups in total. The Morgan fingerprint density at radius 3 is 1.08 bits per heavy atom. The molecule has 0 radical (unpaired) electrons. The highest BCUT2D eigenvalue weighted by Gasteiger charge is 2.45. The maximum Gasteiger partial charge on any atom is 0.410 e. The van der Waals surface area contributed by atoms with E-state index in [2.05, 4.69) is 215 Å². The number of carboxylic acid groups (broad SMARTS) is 1. The minimum absolute atomic E-state index is 0.118. The first kappa shape index (κ1) is 50.1. The van der Waals surface area contributed by atoms with Crippen LogP contribution >= 0.6 is 23.5 Å². The van der Waals surface area contributed by atoms with Gasteiger partial charge in [0.2, 0.25) is 0 Å². The fraction of sp³-hybridized carbons (Fsp3) is 0.345. The van der Waals surface area contributed by atoms with E-state index in [-0.39, 0.29) is 17.3 Å². The summed E-state index contributed by atoms with van der Waals surface area (Å²) in [5, 5.41) is 9.58. The van der Waals surface area contributed by atoms with Crippen LogP contribution in [0.15, 0.2) is 182 Å². The van der Waals surface area contributed by atoms with Crippen LogP contribution in [-0.2, 0) is 19.0 Å². The summed E-state index contributed by atoms with van der Waals surface area (Å²) in [4.78, 5) is 30.5. The van der Waals surface area contributed by atoms with E-state index in [9.17, 15) is 14.7 Å². The summed E-state index contributed by atoms with van der Waals surface area (Å²) in [5.41, 5.74) is 6.38. The van der Waals surface area contributed by atoms with Gasteiger partial charge >= 0.3 is 12.1 Å². The smallest absolute Gasteiger partial charge is 0.410 e. The summed E-state index contributed by atoms with van der Waals surface area (Å²) in [6.07, 6.45) is 1.06. The summed E-state index contributed by atoms with van der Waals surface area (Å²) >= 11 is 3.80. The van der Waals surface area contributed by atoms with Gasteiger partial charge in [-0.25, -0.2) is 4.79 Å². The van der Waals surface area contributed by atoms with Gasteiger partial charge in [-0.3, -0.25) is 4.79 Å². The first-order chi connectivity index (χ1) is 31.5. The number of carbonyl (C=O) groups is 2. The van der Waals surface area contributed by atoms with Gasteiger partial charge in [0.25, 0.3) is 0 Å². The van der Waals surface area contributed by atoms with Crippen LogP contribution in [0.5, 0.6) is 0 Å². The number of hydrogen-bond acceptors (Lipinski definition) is 6. The Morgan fingerprint density at radius 2 is 0.773 bits per heavy atom. The molecular weight excluding hydrogens is 853 g/mol. The third-order valence-electron chi connectivity index (χ3n) is 11.6. The number of unbranched alkanes of at least 4 members (excludes halogenated alkanes) is 1. The molecule has 0 fully saturated rings. The monoisotopic (exact) mass is 920 g/mol. The molecule has 6 aromatic rings. The number of rotatable bonds is 22. The quantitative estimate of drug-likeness (QED) is 0.0537. The number of thioether (sulfide) groups is 2. The topological polar surface area (TPSA) is 70.1 Å². The van der Waals surface area contributed by atoms with Gasteiger partial charge in [-0.2, -0.15) is 0 Å². The molecule has 346 valence electrons. The van der Waals surface area contributed by atoms with Crippen LogP contribution < -0.4 is 0 Å². The third-order valence-corrected chi connectivity index (χ3v) is 15.0. The van der Waals surface area contributed by atoms with Gasteiger partial charge in [0.15, 0.2) is 0 Å². The van der Waals surface area contributed by atoms with Crippen molar-refractivity contribution in [3.05, 3.63) is 215 Å². The van der Waals surface area contributed by atoms with Crippen molar-refractivity contribution in [2.45, 2.75) is 92.3 Å². The van der Waals surface area contributed by atoms with Crippen LogP contribution in [0.2, 0.25) is 0 Å². The molecule has 1 amide bonds. The van der Waals surface area contributed by atoms with Gasteiger partial charge < -0.3 is 19.6 Å². The Labute approximate surface area is 403 Å². The summed E-state index contributed by atoms with van der Waals surface area (Å²) in [6.45, 7) is 17.7. The van der Waals surface area contributed by atoms with Crippen molar-refractivity contribution in [3.63, 3.8) is 0 Å². The summed E-state index contributed by atoms with van der Waals surface area (Å²) in [6, 6.07) is 64.3. The van der Waals surface area contributed by atoms with E-state index in [1.165, 1.54) is 16.7 Å². The zero-order chi connectivity index (χ0) is 47.3. The van der Waals surface area contributed by atoms with E-state index >= 15 is 0 Å². The van der Waals surface area contributed by atoms with E-state index in [1.54, 1.807) is 0 Å². The highest BCUT2D eigenvalue weighted by Crippen LogP contribution is 2.55. The number of ether oxygens (including phenoxy) is 1. The normalized spacial score (nSPS) is 12.5. The molecular formula is C58H68N2O4S2. The lowest BCUT2D eigenvalue weighted by molar-refractivity contribution is -0.137. The van der Waals surface area contributed by atoms with Gasteiger partial charge in [0, 0.05) is 42.1 Å². The van der Waals surface area contributed by atoms with E-state index in [0.717, 1.165) is 23.1 Å². The number of carbonyl (C=O) groups excluding carboxylic acids is 1. The highest BCUT2D eigenvalue weighted by molar-refractivity contribution is 8.02. The summed E-state index contributed by atoms with van der Waals surface area (Å²) < 4.78 is 4.25. The minimum Gasteiger partial charge on any atom is -0.481 e. The summed E-state index contributed by atoms with van der Waals surface area (Å²) in [7, 11) is 0. The van der Waals surface area contributed by atoms with E-state index < -0.39 is 25.8 Å². The van der Waals surface area contributed by atoms with Gasteiger partial charge in [0.1, 0.15) is 5.60 Å². The number of carboxylic acids is 1. The fourth-order valence-corrected chi connectivity index (χ4v) is 12.6. The third kappa shape index (κ3) is 13.2. The van der Waals surface area contributed by atoms with Crippen LogP contribution in [-0.4, -0.2) is 74.8 Å². The average molecular weight is 921 g/mol. The molecule has 66 heavy (non-hydrogen) atoms. The Balaban J connectivity index is 1.35. The second kappa shape index (κ2) is 22.5. The molecule has 0 heterocycles.